The van der Waals surface area contributed by atoms with Gasteiger partial charge in [0, 0.05) is 13.1 Å². The first-order valence-corrected chi connectivity index (χ1v) is 6.42. The van der Waals surface area contributed by atoms with Gasteiger partial charge in [-0.1, -0.05) is 24.3 Å². The summed E-state index contributed by atoms with van der Waals surface area (Å²) in [5.41, 5.74) is 8.16. The minimum Gasteiger partial charge on any atom is -0.481 e. The predicted molar refractivity (Wildman–Crippen MR) is 70.0 cm³/mol. The zero-order valence-electron chi connectivity index (χ0n) is 10.5. The molecule has 0 aromatic heterocycles. The van der Waals surface area contributed by atoms with Gasteiger partial charge in [-0.25, -0.2) is 0 Å². The summed E-state index contributed by atoms with van der Waals surface area (Å²) in [6.45, 7) is 3.15. The molecule has 1 aromatic rings. The molecule has 4 heteroatoms. The second-order valence-electron chi connectivity index (χ2n) is 4.86. The number of carboxylic acids is 1. The summed E-state index contributed by atoms with van der Waals surface area (Å²) in [7, 11) is 0. The molecule has 2 rings (SSSR count). The van der Waals surface area contributed by atoms with E-state index < -0.39 is 5.97 Å². The van der Waals surface area contributed by atoms with Gasteiger partial charge < -0.3 is 10.8 Å². The number of nitrogens with zero attached hydrogens (tertiary/aromatic N) is 1. The maximum atomic E-state index is 10.9. The van der Waals surface area contributed by atoms with Crippen molar-refractivity contribution >= 4 is 5.97 Å². The van der Waals surface area contributed by atoms with Crippen LogP contribution in [0.25, 0.3) is 0 Å². The van der Waals surface area contributed by atoms with E-state index in [4.69, 9.17) is 10.8 Å². The largest absolute Gasteiger partial charge is 0.481 e. The van der Waals surface area contributed by atoms with E-state index in [-0.39, 0.29) is 5.92 Å². The lowest BCUT2D eigenvalue weighted by molar-refractivity contribution is -0.143. The molecule has 0 spiro atoms. The highest BCUT2D eigenvalue weighted by atomic mass is 16.4. The second kappa shape index (κ2) is 5.98. The molecule has 0 aliphatic carbocycles. The molecule has 1 fully saturated rings. The predicted octanol–water partition coefficient (Wildman–Crippen LogP) is 1.44. The van der Waals surface area contributed by atoms with E-state index in [2.05, 4.69) is 17.0 Å². The van der Waals surface area contributed by atoms with E-state index in [0.717, 1.165) is 32.5 Å². The van der Waals surface area contributed by atoms with Crippen molar-refractivity contribution < 1.29 is 9.90 Å². The summed E-state index contributed by atoms with van der Waals surface area (Å²) in [4.78, 5) is 13.2. The first kappa shape index (κ1) is 13.1. The molecule has 0 atom stereocenters. The van der Waals surface area contributed by atoms with Gasteiger partial charge in [-0.3, -0.25) is 9.69 Å². The summed E-state index contributed by atoms with van der Waals surface area (Å²) in [6, 6.07) is 8.19. The molecule has 0 amide bonds. The highest BCUT2D eigenvalue weighted by Gasteiger charge is 2.24. The van der Waals surface area contributed by atoms with Gasteiger partial charge in [-0.15, -0.1) is 0 Å². The van der Waals surface area contributed by atoms with Crippen LogP contribution < -0.4 is 5.73 Å². The maximum Gasteiger partial charge on any atom is 0.306 e. The number of carboxylic acid groups (broad SMARTS) is 1. The zero-order valence-corrected chi connectivity index (χ0v) is 10.5. The molecule has 1 aliphatic rings. The quantitative estimate of drug-likeness (QED) is 0.846. The zero-order chi connectivity index (χ0) is 13.0. The van der Waals surface area contributed by atoms with E-state index >= 15 is 0 Å². The Labute approximate surface area is 107 Å². The van der Waals surface area contributed by atoms with Crippen LogP contribution in [0, 0.1) is 5.92 Å². The number of benzene rings is 1. The molecule has 0 radical (unpaired) electrons. The SMILES string of the molecule is NCc1ccccc1CN1CCC(C(=O)O)CC1. The molecule has 1 saturated heterocycles. The number of likely N-dealkylation sites (tertiary alicyclic amines) is 1. The Morgan fingerprint density at radius 1 is 1.28 bits per heavy atom. The molecule has 0 bridgehead atoms. The van der Waals surface area contributed by atoms with Crippen molar-refractivity contribution in [1.82, 2.24) is 4.90 Å². The fourth-order valence-electron chi connectivity index (χ4n) is 2.49. The topological polar surface area (TPSA) is 66.6 Å². The van der Waals surface area contributed by atoms with Gasteiger partial charge in [0.05, 0.1) is 5.92 Å². The second-order valence-corrected chi connectivity index (χ2v) is 4.86. The van der Waals surface area contributed by atoms with Crippen molar-refractivity contribution in [3.63, 3.8) is 0 Å². The van der Waals surface area contributed by atoms with Gasteiger partial charge in [0.1, 0.15) is 0 Å². The lowest BCUT2D eigenvalue weighted by Crippen LogP contribution is -2.36. The molecule has 0 saturated carbocycles. The van der Waals surface area contributed by atoms with E-state index in [1.165, 1.54) is 11.1 Å². The van der Waals surface area contributed by atoms with Crippen LogP contribution in [-0.4, -0.2) is 29.1 Å². The van der Waals surface area contributed by atoms with Crippen LogP contribution in [0.1, 0.15) is 24.0 Å². The first-order chi connectivity index (χ1) is 8.70. The molecular formula is C14H20N2O2. The normalized spacial score (nSPS) is 17.8. The lowest BCUT2D eigenvalue weighted by atomic mass is 9.96. The van der Waals surface area contributed by atoms with Crippen LogP contribution in [0.4, 0.5) is 0 Å². The highest BCUT2D eigenvalue weighted by Crippen LogP contribution is 2.20. The van der Waals surface area contributed by atoms with Crippen molar-refractivity contribution in [2.45, 2.75) is 25.9 Å². The van der Waals surface area contributed by atoms with Gasteiger partial charge in [-0.05, 0) is 37.1 Å². The van der Waals surface area contributed by atoms with Gasteiger partial charge in [-0.2, -0.15) is 0 Å². The third kappa shape index (κ3) is 3.09. The number of nitrogens with two attached hydrogens (primary N) is 1. The van der Waals surface area contributed by atoms with E-state index in [1.807, 2.05) is 12.1 Å². The monoisotopic (exact) mass is 248 g/mol. The molecule has 4 nitrogen and oxygen atoms in total. The van der Waals surface area contributed by atoms with Crippen molar-refractivity contribution in [2.75, 3.05) is 13.1 Å². The fraction of sp³-hybridized carbons (Fsp3) is 0.500. The molecule has 1 aliphatic heterocycles. The minimum atomic E-state index is -0.656. The van der Waals surface area contributed by atoms with E-state index in [1.54, 1.807) is 0 Å². The standard InChI is InChI=1S/C14H20N2O2/c15-9-12-3-1-2-4-13(12)10-16-7-5-11(6-8-16)14(17)18/h1-4,11H,5-10,15H2,(H,17,18). The summed E-state index contributed by atoms with van der Waals surface area (Å²) in [5.74, 6) is -0.817. The molecular weight excluding hydrogens is 228 g/mol. The van der Waals surface area contributed by atoms with Crippen molar-refractivity contribution in [2.24, 2.45) is 11.7 Å². The Morgan fingerprint density at radius 2 is 1.89 bits per heavy atom. The number of carbonyl (C=O) groups is 1. The van der Waals surface area contributed by atoms with Crippen LogP contribution in [0.15, 0.2) is 24.3 Å². The minimum absolute atomic E-state index is 0.161. The van der Waals surface area contributed by atoms with Crippen LogP contribution in [0.2, 0.25) is 0 Å². The molecule has 3 N–H and O–H groups in total. The molecule has 18 heavy (non-hydrogen) atoms. The van der Waals surface area contributed by atoms with Gasteiger partial charge in [0.2, 0.25) is 0 Å². The Balaban J connectivity index is 1.93. The van der Waals surface area contributed by atoms with Gasteiger partial charge in [0.25, 0.3) is 0 Å². The Kier molecular flexibility index (Phi) is 4.33. The van der Waals surface area contributed by atoms with Gasteiger partial charge >= 0.3 is 5.97 Å². The van der Waals surface area contributed by atoms with Crippen LogP contribution in [0.5, 0.6) is 0 Å². The van der Waals surface area contributed by atoms with Crippen molar-refractivity contribution in [1.29, 1.82) is 0 Å². The van der Waals surface area contributed by atoms with Crippen LogP contribution in [-0.2, 0) is 17.9 Å². The highest BCUT2D eigenvalue weighted by molar-refractivity contribution is 5.70. The van der Waals surface area contributed by atoms with Crippen molar-refractivity contribution in [3.05, 3.63) is 35.4 Å². The number of hydrogen-bond donors (Lipinski definition) is 2. The maximum absolute atomic E-state index is 10.9. The average Bonchev–Trinajstić information content (AvgIpc) is 2.40. The van der Waals surface area contributed by atoms with Gasteiger partial charge in [0.15, 0.2) is 0 Å². The Hall–Kier alpha value is -1.39. The Morgan fingerprint density at radius 3 is 2.44 bits per heavy atom. The summed E-state index contributed by atoms with van der Waals surface area (Å²) in [6.07, 6.45) is 1.50. The third-order valence-corrected chi connectivity index (χ3v) is 3.67. The summed E-state index contributed by atoms with van der Waals surface area (Å²) in [5, 5.41) is 8.96. The average molecular weight is 248 g/mol. The number of hydrogen-bond acceptors (Lipinski definition) is 3. The first-order valence-electron chi connectivity index (χ1n) is 6.42. The van der Waals surface area contributed by atoms with Crippen LogP contribution >= 0.6 is 0 Å². The number of rotatable bonds is 4. The lowest BCUT2D eigenvalue weighted by Gasteiger charge is -2.30. The van der Waals surface area contributed by atoms with E-state index in [9.17, 15) is 4.79 Å². The van der Waals surface area contributed by atoms with Crippen LogP contribution in [0.3, 0.4) is 0 Å². The molecule has 98 valence electrons. The molecule has 1 heterocycles. The summed E-state index contributed by atoms with van der Waals surface area (Å²) < 4.78 is 0. The smallest absolute Gasteiger partial charge is 0.306 e. The number of aliphatic carboxylic acids is 1. The van der Waals surface area contributed by atoms with E-state index in [0.29, 0.717) is 6.54 Å². The molecule has 0 unspecified atom stereocenters. The van der Waals surface area contributed by atoms with Crippen molar-refractivity contribution in [3.8, 4) is 0 Å². The Bertz CT molecular complexity index is 412. The summed E-state index contributed by atoms with van der Waals surface area (Å²) >= 11 is 0. The molecule has 1 aromatic carbocycles. The third-order valence-electron chi connectivity index (χ3n) is 3.67. The fourth-order valence-corrected chi connectivity index (χ4v) is 2.49. The number of piperidine rings is 1.